The third-order valence-electron chi connectivity index (χ3n) is 6.17. The number of halogens is 2. The summed E-state index contributed by atoms with van der Waals surface area (Å²) < 4.78 is 0. The second kappa shape index (κ2) is 11.2. The van der Waals surface area contributed by atoms with Gasteiger partial charge in [-0.2, -0.15) is 0 Å². The van der Waals surface area contributed by atoms with E-state index in [0.29, 0.717) is 36.1 Å². The fraction of sp³-hybridized carbons (Fsp3) is 0.259. The zero-order chi connectivity index (χ0) is 25.8. The van der Waals surface area contributed by atoms with Crippen LogP contribution < -0.4 is 21.3 Å². The average Bonchev–Trinajstić information content (AvgIpc) is 3.27. The Morgan fingerprint density at radius 1 is 1.00 bits per heavy atom. The lowest BCUT2D eigenvalue weighted by Gasteiger charge is -2.20. The third kappa shape index (κ3) is 6.29. The number of nitrogens with one attached hydrogen (secondary N) is 2. The molecular weight excluding hydrogens is 497 g/mol. The van der Waals surface area contributed by atoms with Gasteiger partial charge in [-0.1, -0.05) is 47.5 Å². The van der Waals surface area contributed by atoms with Gasteiger partial charge in [0.05, 0.1) is 6.04 Å². The monoisotopic (exact) mass is 525 g/mol. The molecular formula is C27H29Cl2N5O2. The maximum atomic E-state index is 13.0. The lowest BCUT2D eigenvalue weighted by molar-refractivity contribution is -0.133. The molecule has 3 aromatic rings. The van der Waals surface area contributed by atoms with Crippen LogP contribution in [-0.4, -0.2) is 37.0 Å². The lowest BCUT2D eigenvalue weighted by atomic mass is 10.1. The quantitative estimate of drug-likeness (QED) is 0.413. The van der Waals surface area contributed by atoms with E-state index in [1.54, 1.807) is 23.1 Å². The minimum Gasteiger partial charge on any atom is -0.378 e. The minimum absolute atomic E-state index is 0.128. The van der Waals surface area contributed by atoms with Crippen LogP contribution in [0.4, 0.5) is 16.2 Å². The predicted molar refractivity (Wildman–Crippen MR) is 145 cm³/mol. The van der Waals surface area contributed by atoms with Crippen LogP contribution in [0.5, 0.6) is 0 Å². The molecule has 0 fully saturated rings. The van der Waals surface area contributed by atoms with Crippen LogP contribution in [0, 0.1) is 0 Å². The molecule has 1 atom stereocenters. The number of rotatable bonds is 7. The number of amides is 3. The number of nitrogens with zero attached hydrogens (tertiary/aromatic N) is 2. The molecule has 0 spiro atoms. The van der Waals surface area contributed by atoms with Crippen molar-refractivity contribution in [3.8, 4) is 0 Å². The molecule has 4 N–H and O–H groups in total. The molecule has 1 unspecified atom stereocenters. The van der Waals surface area contributed by atoms with Crippen molar-refractivity contribution in [2.45, 2.75) is 32.1 Å². The van der Waals surface area contributed by atoms with Crippen molar-refractivity contribution in [3.05, 3.63) is 93.0 Å². The smallest absolute Gasteiger partial charge is 0.319 e. The first-order valence-corrected chi connectivity index (χ1v) is 12.4. The Bertz CT molecular complexity index is 1260. The van der Waals surface area contributed by atoms with Gasteiger partial charge in [-0.3, -0.25) is 4.79 Å². The van der Waals surface area contributed by atoms with E-state index < -0.39 is 6.04 Å². The molecule has 1 aliphatic rings. The molecule has 9 heteroatoms. The van der Waals surface area contributed by atoms with Crippen LogP contribution in [0.3, 0.4) is 0 Å². The minimum atomic E-state index is -0.699. The van der Waals surface area contributed by atoms with Crippen LogP contribution in [0.1, 0.15) is 22.3 Å². The van der Waals surface area contributed by atoms with Gasteiger partial charge in [0.25, 0.3) is 0 Å². The van der Waals surface area contributed by atoms with E-state index in [1.165, 1.54) is 0 Å². The second-order valence-corrected chi connectivity index (χ2v) is 9.94. The summed E-state index contributed by atoms with van der Waals surface area (Å²) in [5.41, 5.74) is 11.9. The van der Waals surface area contributed by atoms with Crippen molar-refractivity contribution in [1.82, 2.24) is 10.2 Å². The number of hydrogen-bond acceptors (Lipinski definition) is 4. The van der Waals surface area contributed by atoms with Gasteiger partial charge < -0.3 is 26.2 Å². The van der Waals surface area contributed by atoms with Crippen LogP contribution >= 0.6 is 23.2 Å². The van der Waals surface area contributed by atoms with Gasteiger partial charge in [-0.25, -0.2) is 4.79 Å². The molecule has 7 nitrogen and oxygen atoms in total. The van der Waals surface area contributed by atoms with E-state index in [-0.39, 0.29) is 11.9 Å². The summed E-state index contributed by atoms with van der Waals surface area (Å²) in [6.07, 6.45) is 0.337. The summed E-state index contributed by atoms with van der Waals surface area (Å²) in [6.45, 7) is 1.36. The van der Waals surface area contributed by atoms with Crippen LogP contribution in [0.2, 0.25) is 10.0 Å². The Morgan fingerprint density at radius 2 is 1.72 bits per heavy atom. The van der Waals surface area contributed by atoms with Crippen molar-refractivity contribution < 1.29 is 9.59 Å². The number of nitrogens with two attached hydrogens (primary N) is 1. The number of carbonyl (C=O) groups excluding carboxylic acids is 2. The summed E-state index contributed by atoms with van der Waals surface area (Å²) in [6, 6.07) is 17.8. The number of anilines is 2. The molecule has 0 aromatic heterocycles. The van der Waals surface area contributed by atoms with Gasteiger partial charge in [0.1, 0.15) is 0 Å². The van der Waals surface area contributed by atoms with Crippen molar-refractivity contribution in [3.63, 3.8) is 0 Å². The highest BCUT2D eigenvalue weighted by Crippen LogP contribution is 2.26. The molecule has 0 radical (unpaired) electrons. The Morgan fingerprint density at radius 3 is 2.42 bits per heavy atom. The van der Waals surface area contributed by atoms with Gasteiger partial charge in [0.15, 0.2) is 0 Å². The summed E-state index contributed by atoms with van der Waals surface area (Å²) in [5, 5.41) is 6.77. The van der Waals surface area contributed by atoms with Crippen LogP contribution in [0.15, 0.2) is 60.7 Å². The first-order chi connectivity index (χ1) is 17.2. The number of urea groups is 1. The van der Waals surface area contributed by atoms with E-state index in [2.05, 4.69) is 10.6 Å². The van der Waals surface area contributed by atoms with Crippen LogP contribution in [0.25, 0.3) is 0 Å². The first-order valence-electron chi connectivity index (χ1n) is 11.6. The maximum absolute atomic E-state index is 13.0. The van der Waals surface area contributed by atoms with Gasteiger partial charge in [0.2, 0.25) is 5.91 Å². The standard InChI is InChI=1S/C27H29Cl2N5O2/c1-33(2)23-9-7-22(8-10-23)32-27(36)31-14-17-3-4-19-15-34(16-20(19)11-17)26(35)25(30)12-18-5-6-21(28)13-24(18)29/h3-11,13,25H,12,14-16,30H2,1-2H3,(H2,31,32,36). The number of benzene rings is 3. The van der Waals surface area contributed by atoms with Crippen LogP contribution in [-0.2, 0) is 30.8 Å². The molecule has 36 heavy (non-hydrogen) atoms. The predicted octanol–water partition coefficient (Wildman–Crippen LogP) is 4.79. The van der Waals surface area contributed by atoms with E-state index in [4.69, 9.17) is 28.9 Å². The summed E-state index contributed by atoms with van der Waals surface area (Å²) >= 11 is 12.2. The van der Waals surface area contributed by atoms with E-state index in [0.717, 1.165) is 33.6 Å². The Balaban J connectivity index is 1.30. The third-order valence-corrected chi connectivity index (χ3v) is 6.76. The Labute approximate surface area is 221 Å². The lowest BCUT2D eigenvalue weighted by Crippen LogP contribution is -2.42. The van der Waals surface area contributed by atoms with Gasteiger partial charge in [0, 0.05) is 55.1 Å². The number of hydrogen-bond donors (Lipinski definition) is 3. The highest BCUT2D eigenvalue weighted by molar-refractivity contribution is 6.35. The second-order valence-electron chi connectivity index (χ2n) is 9.09. The molecule has 4 rings (SSSR count). The largest absolute Gasteiger partial charge is 0.378 e. The summed E-state index contributed by atoms with van der Waals surface area (Å²) in [4.78, 5) is 29.1. The maximum Gasteiger partial charge on any atom is 0.319 e. The summed E-state index contributed by atoms with van der Waals surface area (Å²) in [7, 11) is 3.93. The molecule has 0 saturated heterocycles. The molecule has 1 aliphatic heterocycles. The fourth-order valence-electron chi connectivity index (χ4n) is 4.16. The molecule has 1 heterocycles. The van der Waals surface area contributed by atoms with Crippen molar-refractivity contribution >= 4 is 46.5 Å². The average molecular weight is 526 g/mol. The van der Waals surface area contributed by atoms with Crippen molar-refractivity contribution in [2.75, 3.05) is 24.3 Å². The molecule has 0 saturated carbocycles. The molecule has 188 valence electrons. The fourth-order valence-corrected chi connectivity index (χ4v) is 4.65. The first kappa shape index (κ1) is 25.8. The normalized spacial score (nSPS) is 13.2. The van der Waals surface area contributed by atoms with Gasteiger partial charge in [-0.05, 0) is 65.1 Å². The number of carbonyl (C=O) groups is 2. The highest BCUT2D eigenvalue weighted by atomic mass is 35.5. The Hall–Kier alpha value is -3.26. The SMILES string of the molecule is CN(C)c1ccc(NC(=O)NCc2ccc3c(c2)CN(C(=O)C(N)Cc2ccc(Cl)cc2Cl)C3)cc1. The van der Waals surface area contributed by atoms with E-state index in [9.17, 15) is 9.59 Å². The van der Waals surface area contributed by atoms with Crippen molar-refractivity contribution in [1.29, 1.82) is 0 Å². The Kier molecular flexibility index (Phi) is 8.04. The molecule has 3 aromatic carbocycles. The molecule has 0 aliphatic carbocycles. The summed E-state index contributed by atoms with van der Waals surface area (Å²) in [5.74, 6) is -0.128. The molecule has 0 bridgehead atoms. The van der Waals surface area contributed by atoms with Gasteiger partial charge in [-0.15, -0.1) is 0 Å². The zero-order valence-corrected chi connectivity index (χ0v) is 21.7. The number of fused-ring (bicyclic) bond motifs is 1. The highest BCUT2D eigenvalue weighted by Gasteiger charge is 2.28. The van der Waals surface area contributed by atoms with Crippen molar-refractivity contribution in [2.24, 2.45) is 5.73 Å². The topological polar surface area (TPSA) is 90.7 Å². The zero-order valence-electron chi connectivity index (χ0n) is 20.2. The van der Waals surface area contributed by atoms with Gasteiger partial charge >= 0.3 is 6.03 Å². The van der Waals surface area contributed by atoms with E-state index >= 15 is 0 Å². The van der Waals surface area contributed by atoms with E-state index in [1.807, 2.05) is 61.5 Å². The molecule has 3 amide bonds.